The number of fused-ring (bicyclic) bond motifs is 1. The summed E-state index contributed by atoms with van der Waals surface area (Å²) in [5, 5.41) is 19.6. The maximum atomic E-state index is 9.95. The van der Waals surface area contributed by atoms with Gasteiger partial charge in [0.05, 0.1) is 13.2 Å². The molecule has 0 unspecified atom stereocenters. The summed E-state index contributed by atoms with van der Waals surface area (Å²) in [4.78, 5) is 0. The summed E-state index contributed by atoms with van der Waals surface area (Å²) in [6.07, 6.45) is 11.8. The maximum Gasteiger partial charge on any atom is 0.0645 e. The topological polar surface area (TPSA) is 40.5 Å². The van der Waals surface area contributed by atoms with Crippen molar-refractivity contribution in [2.75, 3.05) is 13.2 Å². The van der Waals surface area contributed by atoms with E-state index in [1.807, 2.05) is 0 Å². The first-order valence-electron chi connectivity index (χ1n) is 8.91. The predicted octanol–water partition coefficient (Wildman–Crippen LogP) is 4.48. The van der Waals surface area contributed by atoms with Gasteiger partial charge in [0.1, 0.15) is 0 Å². The van der Waals surface area contributed by atoms with E-state index in [0.717, 1.165) is 18.4 Å². The first kappa shape index (κ1) is 17.7. The van der Waals surface area contributed by atoms with Crippen LogP contribution in [-0.2, 0) is 0 Å². The van der Waals surface area contributed by atoms with Crippen molar-refractivity contribution in [1.29, 1.82) is 0 Å². The van der Waals surface area contributed by atoms with Crippen LogP contribution in [0, 0.1) is 22.7 Å². The van der Waals surface area contributed by atoms with Crippen molar-refractivity contribution in [1.82, 2.24) is 0 Å². The van der Waals surface area contributed by atoms with Gasteiger partial charge in [-0.3, -0.25) is 0 Å². The monoisotopic (exact) mass is 306 g/mol. The van der Waals surface area contributed by atoms with Gasteiger partial charge < -0.3 is 10.2 Å². The van der Waals surface area contributed by atoms with Crippen LogP contribution in [0.1, 0.15) is 66.2 Å². The molecule has 0 bridgehead atoms. The molecule has 1 fully saturated rings. The zero-order valence-electron chi connectivity index (χ0n) is 14.9. The fraction of sp³-hybridized carbons (Fsp3) is 0.800. The average Bonchev–Trinajstić information content (AvgIpc) is 2.45. The molecule has 2 rings (SSSR count). The van der Waals surface area contributed by atoms with E-state index in [1.165, 1.54) is 31.3 Å². The summed E-state index contributed by atoms with van der Waals surface area (Å²) < 4.78 is 0. The second-order valence-corrected chi connectivity index (χ2v) is 8.29. The molecule has 126 valence electrons. The van der Waals surface area contributed by atoms with Crippen LogP contribution in [0.4, 0.5) is 0 Å². The van der Waals surface area contributed by atoms with Gasteiger partial charge in [0.2, 0.25) is 0 Å². The van der Waals surface area contributed by atoms with Crippen molar-refractivity contribution in [2.24, 2.45) is 22.7 Å². The molecule has 0 aromatic carbocycles. The highest BCUT2D eigenvalue weighted by Gasteiger charge is 2.53. The van der Waals surface area contributed by atoms with Crippen molar-refractivity contribution in [2.45, 2.75) is 66.2 Å². The lowest BCUT2D eigenvalue weighted by molar-refractivity contribution is -0.0655. The van der Waals surface area contributed by atoms with Gasteiger partial charge in [-0.05, 0) is 68.3 Å². The Bertz CT molecular complexity index is 447. The highest BCUT2D eigenvalue weighted by molar-refractivity contribution is 5.20. The summed E-state index contributed by atoms with van der Waals surface area (Å²) in [5.41, 5.74) is 2.96. The van der Waals surface area contributed by atoms with Crippen LogP contribution in [-0.4, -0.2) is 23.4 Å². The maximum absolute atomic E-state index is 9.95. The van der Waals surface area contributed by atoms with Gasteiger partial charge in [0.15, 0.2) is 0 Å². The Morgan fingerprint density at radius 1 is 1.27 bits per heavy atom. The molecular formula is C20H34O2. The summed E-state index contributed by atoms with van der Waals surface area (Å²) in [7, 11) is 0. The molecule has 1 saturated carbocycles. The van der Waals surface area contributed by atoms with E-state index in [0.29, 0.717) is 11.3 Å². The standard InChI is InChI=1S/C20H34O2/c1-15(2)7-5-10-19(3)11-6-12-20(4)17(14-22)16(13-21)8-9-18(19)20/h7-8,17-18,21-22H,5-6,9-14H2,1-4H3/t17-,18-,19+,20+/m0/s1. The molecule has 0 aromatic rings. The minimum Gasteiger partial charge on any atom is -0.396 e. The number of hydrogen-bond acceptors (Lipinski definition) is 2. The van der Waals surface area contributed by atoms with Crippen molar-refractivity contribution in [3.05, 3.63) is 23.3 Å². The van der Waals surface area contributed by atoms with Crippen LogP contribution in [0.25, 0.3) is 0 Å². The molecule has 0 aliphatic heterocycles. The molecule has 2 N–H and O–H groups in total. The van der Waals surface area contributed by atoms with E-state index in [2.05, 4.69) is 39.8 Å². The average molecular weight is 306 g/mol. The van der Waals surface area contributed by atoms with Gasteiger partial charge in [0, 0.05) is 5.92 Å². The lowest BCUT2D eigenvalue weighted by Crippen LogP contribution is -2.51. The zero-order valence-corrected chi connectivity index (χ0v) is 14.9. The molecule has 2 aliphatic rings. The third-order valence-electron chi connectivity index (χ3n) is 6.59. The molecule has 22 heavy (non-hydrogen) atoms. The normalized spacial score (nSPS) is 38.2. The Kier molecular flexibility index (Phi) is 5.55. The Hall–Kier alpha value is -0.600. The van der Waals surface area contributed by atoms with Crippen LogP contribution in [0.5, 0.6) is 0 Å². The second-order valence-electron chi connectivity index (χ2n) is 8.29. The molecule has 0 aromatic heterocycles. The van der Waals surface area contributed by atoms with E-state index in [4.69, 9.17) is 0 Å². The van der Waals surface area contributed by atoms with E-state index in [9.17, 15) is 10.2 Å². The van der Waals surface area contributed by atoms with Crippen LogP contribution in [0.3, 0.4) is 0 Å². The Labute approximate surface area is 136 Å². The van der Waals surface area contributed by atoms with E-state index >= 15 is 0 Å². The molecule has 0 spiro atoms. The van der Waals surface area contributed by atoms with E-state index in [-0.39, 0.29) is 24.5 Å². The Balaban J connectivity index is 2.26. The van der Waals surface area contributed by atoms with Crippen LogP contribution in [0.2, 0.25) is 0 Å². The highest BCUT2D eigenvalue weighted by Crippen LogP contribution is 2.61. The van der Waals surface area contributed by atoms with Crippen LogP contribution >= 0.6 is 0 Å². The summed E-state index contributed by atoms with van der Waals surface area (Å²) in [6, 6.07) is 0. The van der Waals surface area contributed by atoms with E-state index < -0.39 is 0 Å². The van der Waals surface area contributed by atoms with Gasteiger partial charge in [-0.15, -0.1) is 0 Å². The number of aliphatic hydroxyl groups is 2. The smallest absolute Gasteiger partial charge is 0.0645 e. The first-order valence-corrected chi connectivity index (χ1v) is 8.91. The van der Waals surface area contributed by atoms with Gasteiger partial charge in [-0.25, -0.2) is 0 Å². The van der Waals surface area contributed by atoms with Crippen LogP contribution < -0.4 is 0 Å². The minimum absolute atomic E-state index is 0.0992. The molecule has 0 radical (unpaired) electrons. The molecule has 2 aliphatic carbocycles. The fourth-order valence-electron chi connectivity index (χ4n) is 5.31. The third kappa shape index (κ3) is 3.19. The molecule has 4 atom stereocenters. The van der Waals surface area contributed by atoms with Gasteiger partial charge in [0.25, 0.3) is 0 Å². The molecule has 2 nitrogen and oxygen atoms in total. The largest absolute Gasteiger partial charge is 0.396 e. The minimum atomic E-state index is 0.0992. The van der Waals surface area contributed by atoms with Crippen LogP contribution in [0.15, 0.2) is 23.3 Å². The molecule has 0 heterocycles. The van der Waals surface area contributed by atoms with Gasteiger partial charge >= 0.3 is 0 Å². The van der Waals surface area contributed by atoms with Gasteiger partial charge in [-0.2, -0.15) is 0 Å². The van der Waals surface area contributed by atoms with Crippen molar-refractivity contribution >= 4 is 0 Å². The molecular weight excluding hydrogens is 272 g/mol. The van der Waals surface area contributed by atoms with Crippen molar-refractivity contribution in [3.63, 3.8) is 0 Å². The summed E-state index contributed by atoms with van der Waals surface area (Å²) in [5.74, 6) is 0.756. The Morgan fingerprint density at radius 2 is 2.00 bits per heavy atom. The SMILES string of the molecule is CC(C)=CCC[C@]1(C)CCC[C@]2(C)[C@@H](CO)C(CO)=CC[C@@H]12. The predicted molar refractivity (Wildman–Crippen MR) is 92.6 cm³/mol. The highest BCUT2D eigenvalue weighted by atomic mass is 16.3. The zero-order chi connectivity index (χ0) is 16.4. The summed E-state index contributed by atoms with van der Waals surface area (Å²) in [6.45, 7) is 9.43. The molecule has 2 heteroatoms. The molecule has 0 amide bonds. The summed E-state index contributed by atoms with van der Waals surface area (Å²) >= 11 is 0. The van der Waals surface area contributed by atoms with Crippen molar-refractivity contribution < 1.29 is 10.2 Å². The molecule has 0 saturated heterocycles. The lowest BCUT2D eigenvalue weighted by Gasteiger charge is -2.57. The third-order valence-corrected chi connectivity index (χ3v) is 6.59. The lowest BCUT2D eigenvalue weighted by atomic mass is 9.47. The van der Waals surface area contributed by atoms with Crippen molar-refractivity contribution in [3.8, 4) is 0 Å². The second kappa shape index (κ2) is 6.88. The number of rotatable bonds is 5. The fourth-order valence-corrected chi connectivity index (χ4v) is 5.31. The number of allylic oxidation sites excluding steroid dienone is 3. The number of hydrogen-bond donors (Lipinski definition) is 2. The quantitative estimate of drug-likeness (QED) is 0.735. The first-order chi connectivity index (χ1) is 10.4. The number of aliphatic hydroxyl groups excluding tert-OH is 2. The Morgan fingerprint density at radius 3 is 2.59 bits per heavy atom. The van der Waals surface area contributed by atoms with E-state index in [1.54, 1.807) is 0 Å². The van der Waals surface area contributed by atoms with Gasteiger partial charge in [-0.1, -0.05) is 38.0 Å².